The van der Waals surface area contributed by atoms with Crippen LogP contribution < -0.4 is 4.90 Å². The van der Waals surface area contributed by atoms with Gasteiger partial charge in [-0.25, -0.2) is 9.37 Å². The SMILES string of the molecule is N#Cc1cccnc1N1CCN(CC(=O)N(Cc2ccc(F)cc2)C2CCCCC2)CC1. The molecule has 0 spiro atoms. The van der Waals surface area contributed by atoms with Gasteiger partial charge in [0.15, 0.2) is 0 Å². The first kappa shape index (κ1) is 22.2. The van der Waals surface area contributed by atoms with Crippen LogP contribution in [0.1, 0.15) is 43.2 Å². The number of anilines is 1. The molecular formula is C25H30FN5O. The summed E-state index contributed by atoms with van der Waals surface area (Å²) in [7, 11) is 0. The van der Waals surface area contributed by atoms with Gasteiger partial charge in [-0.2, -0.15) is 5.26 Å². The fraction of sp³-hybridized carbons (Fsp3) is 0.480. The Morgan fingerprint density at radius 1 is 1.09 bits per heavy atom. The van der Waals surface area contributed by atoms with E-state index in [1.807, 2.05) is 4.90 Å². The van der Waals surface area contributed by atoms with Crippen LogP contribution in [0, 0.1) is 17.1 Å². The first-order chi connectivity index (χ1) is 15.6. The molecule has 1 aliphatic carbocycles. The predicted octanol–water partition coefficient (Wildman–Crippen LogP) is 3.58. The van der Waals surface area contributed by atoms with Crippen LogP contribution >= 0.6 is 0 Å². The Balaban J connectivity index is 1.38. The van der Waals surface area contributed by atoms with E-state index in [9.17, 15) is 14.4 Å². The van der Waals surface area contributed by atoms with E-state index in [0.29, 0.717) is 18.7 Å². The van der Waals surface area contributed by atoms with Gasteiger partial charge in [0.25, 0.3) is 0 Å². The number of hydrogen-bond donors (Lipinski definition) is 0. The smallest absolute Gasteiger partial charge is 0.237 e. The number of nitrogens with zero attached hydrogens (tertiary/aromatic N) is 5. The minimum atomic E-state index is -0.255. The van der Waals surface area contributed by atoms with E-state index in [2.05, 4.69) is 20.9 Å². The summed E-state index contributed by atoms with van der Waals surface area (Å²) in [5.74, 6) is 0.612. The minimum Gasteiger partial charge on any atom is -0.353 e. The van der Waals surface area contributed by atoms with E-state index < -0.39 is 0 Å². The van der Waals surface area contributed by atoms with Gasteiger partial charge in [-0.1, -0.05) is 31.4 Å². The van der Waals surface area contributed by atoms with Crippen molar-refractivity contribution in [1.82, 2.24) is 14.8 Å². The number of pyridine rings is 1. The number of halogens is 1. The normalized spacial score (nSPS) is 17.7. The number of carbonyl (C=O) groups is 1. The molecule has 1 saturated heterocycles. The van der Waals surface area contributed by atoms with Crippen molar-refractivity contribution in [3.05, 3.63) is 59.5 Å². The van der Waals surface area contributed by atoms with Crippen molar-refractivity contribution >= 4 is 11.7 Å². The van der Waals surface area contributed by atoms with Crippen LogP contribution in [0.3, 0.4) is 0 Å². The highest BCUT2D eigenvalue weighted by molar-refractivity contribution is 5.78. The number of amides is 1. The van der Waals surface area contributed by atoms with Gasteiger partial charge in [-0.15, -0.1) is 0 Å². The predicted molar refractivity (Wildman–Crippen MR) is 121 cm³/mol. The second-order valence-electron chi connectivity index (χ2n) is 8.69. The summed E-state index contributed by atoms with van der Waals surface area (Å²) in [6, 6.07) is 12.5. The number of rotatable bonds is 6. The number of benzene rings is 1. The molecule has 7 heteroatoms. The van der Waals surface area contributed by atoms with E-state index in [1.165, 1.54) is 18.6 Å². The molecule has 2 aliphatic rings. The first-order valence-electron chi connectivity index (χ1n) is 11.5. The maximum absolute atomic E-state index is 13.4. The quantitative estimate of drug-likeness (QED) is 0.694. The van der Waals surface area contributed by atoms with Gasteiger partial charge in [-0.05, 0) is 42.7 Å². The van der Waals surface area contributed by atoms with Crippen LogP contribution in [0.5, 0.6) is 0 Å². The van der Waals surface area contributed by atoms with Crippen molar-refractivity contribution in [2.24, 2.45) is 0 Å². The van der Waals surface area contributed by atoms with Crippen molar-refractivity contribution in [2.45, 2.75) is 44.7 Å². The molecule has 32 heavy (non-hydrogen) atoms. The number of aromatic nitrogens is 1. The van der Waals surface area contributed by atoms with Crippen LogP contribution in [-0.4, -0.2) is 59.5 Å². The zero-order valence-corrected chi connectivity index (χ0v) is 18.4. The third-order valence-electron chi connectivity index (χ3n) is 6.54. The fourth-order valence-corrected chi connectivity index (χ4v) is 4.74. The van der Waals surface area contributed by atoms with E-state index in [1.54, 1.807) is 30.5 Å². The van der Waals surface area contributed by atoms with Gasteiger partial charge >= 0.3 is 0 Å². The highest BCUT2D eigenvalue weighted by Gasteiger charge is 2.28. The second kappa shape index (κ2) is 10.6. The van der Waals surface area contributed by atoms with Gasteiger partial charge in [-0.3, -0.25) is 9.69 Å². The molecule has 2 aromatic rings. The Morgan fingerprint density at radius 2 is 1.81 bits per heavy atom. The van der Waals surface area contributed by atoms with Gasteiger partial charge in [0.05, 0.1) is 12.1 Å². The summed E-state index contributed by atoms with van der Waals surface area (Å²) in [5, 5.41) is 9.34. The van der Waals surface area contributed by atoms with E-state index >= 15 is 0 Å². The van der Waals surface area contributed by atoms with Crippen molar-refractivity contribution in [3.8, 4) is 6.07 Å². The summed E-state index contributed by atoms with van der Waals surface area (Å²) in [6.45, 7) is 3.90. The summed E-state index contributed by atoms with van der Waals surface area (Å²) < 4.78 is 13.3. The van der Waals surface area contributed by atoms with Crippen molar-refractivity contribution in [3.63, 3.8) is 0 Å². The maximum Gasteiger partial charge on any atom is 0.237 e. The molecule has 2 fully saturated rings. The average molecular weight is 436 g/mol. The third-order valence-corrected chi connectivity index (χ3v) is 6.54. The molecular weight excluding hydrogens is 405 g/mol. The Kier molecular flexibility index (Phi) is 7.33. The molecule has 1 aliphatic heterocycles. The lowest BCUT2D eigenvalue weighted by atomic mass is 9.93. The van der Waals surface area contributed by atoms with Crippen LogP contribution in [0.25, 0.3) is 0 Å². The first-order valence-corrected chi connectivity index (χ1v) is 11.5. The number of piperazine rings is 1. The third kappa shape index (κ3) is 5.43. The van der Waals surface area contributed by atoms with Crippen LogP contribution in [-0.2, 0) is 11.3 Å². The molecule has 168 valence electrons. The lowest BCUT2D eigenvalue weighted by molar-refractivity contribution is -0.136. The highest BCUT2D eigenvalue weighted by atomic mass is 19.1. The Hall–Kier alpha value is -2.98. The van der Waals surface area contributed by atoms with E-state index in [-0.39, 0.29) is 17.8 Å². The highest BCUT2D eigenvalue weighted by Crippen LogP contribution is 2.25. The summed E-state index contributed by atoms with van der Waals surface area (Å²) >= 11 is 0. The zero-order chi connectivity index (χ0) is 22.3. The standard InChI is InChI=1S/C25H30FN5O/c26-22-10-8-20(9-11-22)18-31(23-6-2-1-3-7-23)24(32)19-29-13-15-30(16-14-29)25-21(17-27)5-4-12-28-25/h4-5,8-12,23H,1-3,6-7,13-16,18-19H2. The molecule has 4 rings (SSSR count). The van der Waals surface area contributed by atoms with Gasteiger partial charge in [0.2, 0.25) is 5.91 Å². The van der Waals surface area contributed by atoms with Gasteiger partial charge in [0.1, 0.15) is 17.7 Å². The molecule has 0 atom stereocenters. The Bertz CT molecular complexity index is 944. The molecule has 2 heterocycles. The fourth-order valence-electron chi connectivity index (χ4n) is 4.74. The van der Waals surface area contributed by atoms with Crippen molar-refractivity contribution in [1.29, 1.82) is 5.26 Å². The zero-order valence-electron chi connectivity index (χ0n) is 18.4. The van der Waals surface area contributed by atoms with Crippen LogP contribution in [0.15, 0.2) is 42.6 Å². The van der Waals surface area contributed by atoms with E-state index in [4.69, 9.17) is 0 Å². The topological polar surface area (TPSA) is 63.5 Å². The molecule has 1 aromatic carbocycles. The molecule has 1 aromatic heterocycles. The molecule has 1 amide bonds. The second-order valence-corrected chi connectivity index (χ2v) is 8.69. The number of carbonyl (C=O) groups excluding carboxylic acids is 1. The Morgan fingerprint density at radius 3 is 2.50 bits per heavy atom. The van der Waals surface area contributed by atoms with Crippen molar-refractivity contribution < 1.29 is 9.18 Å². The van der Waals surface area contributed by atoms with E-state index in [0.717, 1.165) is 63.2 Å². The van der Waals surface area contributed by atoms with Crippen molar-refractivity contribution in [2.75, 3.05) is 37.6 Å². The Labute approximate surface area is 189 Å². The largest absolute Gasteiger partial charge is 0.353 e. The van der Waals surface area contributed by atoms with Crippen LogP contribution in [0.2, 0.25) is 0 Å². The molecule has 6 nitrogen and oxygen atoms in total. The summed E-state index contributed by atoms with van der Waals surface area (Å²) in [5.41, 5.74) is 1.55. The minimum absolute atomic E-state index is 0.144. The number of hydrogen-bond acceptors (Lipinski definition) is 5. The lowest BCUT2D eigenvalue weighted by Crippen LogP contribution is -2.52. The molecule has 0 radical (unpaired) electrons. The number of nitriles is 1. The molecule has 1 saturated carbocycles. The monoisotopic (exact) mass is 435 g/mol. The summed E-state index contributed by atoms with van der Waals surface area (Å²) in [6.07, 6.45) is 7.33. The van der Waals surface area contributed by atoms with Gasteiger partial charge in [0, 0.05) is 45.0 Å². The molecule has 0 bridgehead atoms. The van der Waals surface area contributed by atoms with Gasteiger partial charge < -0.3 is 9.80 Å². The summed E-state index contributed by atoms with van der Waals surface area (Å²) in [4.78, 5) is 24.1. The molecule has 0 N–H and O–H groups in total. The average Bonchev–Trinajstić information content (AvgIpc) is 2.84. The van der Waals surface area contributed by atoms with Crippen LogP contribution in [0.4, 0.5) is 10.2 Å². The maximum atomic E-state index is 13.4. The molecule has 0 unspecified atom stereocenters. The lowest BCUT2D eigenvalue weighted by Gasteiger charge is -2.38.